The van der Waals surface area contributed by atoms with Gasteiger partial charge in [-0.1, -0.05) is 6.07 Å². The van der Waals surface area contributed by atoms with E-state index >= 15 is 0 Å². The van der Waals surface area contributed by atoms with Gasteiger partial charge in [-0.15, -0.1) is 0 Å². The lowest BCUT2D eigenvalue weighted by atomic mass is 10.0. The van der Waals surface area contributed by atoms with Gasteiger partial charge in [-0.3, -0.25) is 0 Å². The molecule has 0 aliphatic heterocycles. The minimum absolute atomic E-state index is 0.212. The normalized spacial score (nSPS) is 12.6. The van der Waals surface area contributed by atoms with Crippen LogP contribution in [-0.4, -0.2) is 41.4 Å². The molecule has 102 valence electrons. The quantitative estimate of drug-likeness (QED) is 0.765. The molecule has 0 amide bonds. The molecular weight excluding hydrogens is 244 g/mol. The molecule has 0 fully saturated rings. The number of hydrogen-bond donors (Lipinski definition) is 3. The number of aliphatic carboxylic acids is 1. The lowest BCUT2D eigenvalue weighted by Gasteiger charge is -2.15. The summed E-state index contributed by atoms with van der Waals surface area (Å²) >= 11 is 0. The van der Waals surface area contributed by atoms with Crippen molar-refractivity contribution in [1.82, 2.24) is 4.98 Å². The fourth-order valence-electron chi connectivity index (χ4n) is 2.22. The minimum Gasteiger partial charge on any atom is -0.479 e. The molecule has 19 heavy (non-hydrogen) atoms. The summed E-state index contributed by atoms with van der Waals surface area (Å²) in [7, 11) is 3.94. The highest BCUT2D eigenvalue weighted by Crippen LogP contribution is 2.29. The maximum absolute atomic E-state index is 10.6. The number of aromatic amines is 1. The third kappa shape index (κ3) is 2.71. The van der Waals surface area contributed by atoms with Gasteiger partial charge in [-0.2, -0.15) is 0 Å². The SMILES string of the molecule is CN(C)c1cccc2[nH]cc(CC[C@H](O)C(=O)O)c12. The number of anilines is 1. The molecule has 0 spiro atoms. The van der Waals surface area contributed by atoms with Gasteiger partial charge in [-0.25, -0.2) is 4.79 Å². The number of carbonyl (C=O) groups is 1. The summed E-state index contributed by atoms with van der Waals surface area (Å²) in [6.07, 6.45) is 1.31. The number of aromatic nitrogens is 1. The first-order chi connectivity index (χ1) is 9.00. The van der Waals surface area contributed by atoms with E-state index in [2.05, 4.69) is 4.98 Å². The maximum atomic E-state index is 10.6. The Morgan fingerprint density at radius 3 is 2.79 bits per heavy atom. The van der Waals surface area contributed by atoms with E-state index in [0.29, 0.717) is 6.42 Å². The van der Waals surface area contributed by atoms with E-state index in [1.54, 1.807) is 0 Å². The highest BCUT2D eigenvalue weighted by atomic mass is 16.4. The first kappa shape index (κ1) is 13.4. The molecule has 5 heteroatoms. The molecule has 0 unspecified atom stereocenters. The van der Waals surface area contributed by atoms with Crippen molar-refractivity contribution in [3.8, 4) is 0 Å². The fourth-order valence-corrected chi connectivity index (χ4v) is 2.22. The summed E-state index contributed by atoms with van der Waals surface area (Å²) in [4.78, 5) is 15.8. The molecule has 0 aliphatic rings. The van der Waals surface area contributed by atoms with Crippen LogP contribution < -0.4 is 4.90 Å². The van der Waals surface area contributed by atoms with E-state index in [0.717, 1.165) is 22.2 Å². The van der Waals surface area contributed by atoms with Crippen LogP contribution in [0.15, 0.2) is 24.4 Å². The molecule has 0 bridgehead atoms. The Morgan fingerprint density at radius 2 is 2.16 bits per heavy atom. The molecule has 0 radical (unpaired) electrons. The third-order valence-electron chi connectivity index (χ3n) is 3.22. The standard InChI is InChI=1S/C14H18N2O3/c1-16(2)11-5-3-4-10-13(11)9(8-15-10)6-7-12(17)14(18)19/h3-5,8,12,15,17H,6-7H2,1-2H3,(H,18,19)/t12-/m0/s1. The molecule has 2 aromatic rings. The first-order valence-corrected chi connectivity index (χ1v) is 6.18. The molecule has 0 saturated carbocycles. The number of aryl methyl sites for hydroxylation is 1. The Labute approximate surface area is 111 Å². The second kappa shape index (κ2) is 5.32. The largest absolute Gasteiger partial charge is 0.479 e. The lowest BCUT2D eigenvalue weighted by molar-refractivity contribution is -0.146. The van der Waals surface area contributed by atoms with Gasteiger partial charge in [0.15, 0.2) is 6.10 Å². The number of aliphatic hydroxyl groups excluding tert-OH is 1. The smallest absolute Gasteiger partial charge is 0.332 e. The van der Waals surface area contributed by atoms with Crippen LogP contribution in [-0.2, 0) is 11.2 Å². The Bertz CT molecular complexity index is 589. The van der Waals surface area contributed by atoms with Crippen molar-refractivity contribution in [2.24, 2.45) is 0 Å². The first-order valence-electron chi connectivity index (χ1n) is 6.18. The number of H-pyrrole nitrogens is 1. The molecule has 2 rings (SSSR count). The van der Waals surface area contributed by atoms with E-state index in [-0.39, 0.29) is 6.42 Å². The summed E-state index contributed by atoms with van der Waals surface area (Å²) in [6, 6.07) is 5.98. The summed E-state index contributed by atoms with van der Waals surface area (Å²) in [5, 5.41) is 19.1. The molecule has 1 aromatic carbocycles. The topological polar surface area (TPSA) is 76.6 Å². The Balaban J connectivity index is 2.31. The van der Waals surface area contributed by atoms with Gasteiger partial charge in [-0.05, 0) is 30.5 Å². The fraction of sp³-hybridized carbons (Fsp3) is 0.357. The van der Waals surface area contributed by atoms with Gasteiger partial charge in [0.2, 0.25) is 0 Å². The van der Waals surface area contributed by atoms with Crippen LogP contribution in [0, 0.1) is 0 Å². The zero-order chi connectivity index (χ0) is 14.0. The van der Waals surface area contributed by atoms with Crippen LogP contribution in [0.25, 0.3) is 10.9 Å². The molecule has 5 nitrogen and oxygen atoms in total. The predicted octanol–water partition coefficient (Wildman–Crippen LogP) is 1.61. The number of fused-ring (bicyclic) bond motifs is 1. The second-order valence-corrected chi connectivity index (χ2v) is 4.80. The molecule has 1 aromatic heterocycles. The highest BCUT2D eigenvalue weighted by Gasteiger charge is 2.15. The third-order valence-corrected chi connectivity index (χ3v) is 3.22. The molecule has 1 heterocycles. The summed E-state index contributed by atoms with van der Waals surface area (Å²) < 4.78 is 0. The number of carboxylic acids is 1. The zero-order valence-corrected chi connectivity index (χ0v) is 11.1. The monoisotopic (exact) mass is 262 g/mol. The molecule has 0 saturated heterocycles. The molecule has 0 aliphatic carbocycles. The molecule has 1 atom stereocenters. The van der Waals surface area contributed by atoms with Crippen molar-refractivity contribution < 1.29 is 15.0 Å². The zero-order valence-electron chi connectivity index (χ0n) is 11.1. The average molecular weight is 262 g/mol. The number of aliphatic hydroxyl groups is 1. The van der Waals surface area contributed by atoms with Crippen molar-refractivity contribution in [1.29, 1.82) is 0 Å². The van der Waals surface area contributed by atoms with Crippen molar-refractivity contribution in [2.75, 3.05) is 19.0 Å². The lowest BCUT2D eigenvalue weighted by Crippen LogP contribution is -2.19. The highest BCUT2D eigenvalue weighted by molar-refractivity contribution is 5.95. The van der Waals surface area contributed by atoms with Crippen molar-refractivity contribution in [3.05, 3.63) is 30.0 Å². The number of nitrogens with zero attached hydrogens (tertiary/aromatic N) is 1. The number of nitrogens with one attached hydrogen (secondary N) is 1. The van der Waals surface area contributed by atoms with Gasteiger partial charge >= 0.3 is 5.97 Å². The van der Waals surface area contributed by atoms with Crippen LogP contribution >= 0.6 is 0 Å². The summed E-state index contributed by atoms with van der Waals surface area (Å²) in [5.74, 6) is -1.17. The van der Waals surface area contributed by atoms with Crippen LogP contribution in [0.4, 0.5) is 5.69 Å². The van der Waals surface area contributed by atoms with Gasteiger partial charge in [0.25, 0.3) is 0 Å². The van der Waals surface area contributed by atoms with Crippen LogP contribution in [0.5, 0.6) is 0 Å². The number of rotatable bonds is 5. The maximum Gasteiger partial charge on any atom is 0.332 e. The van der Waals surface area contributed by atoms with Gasteiger partial charge in [0.1, 0.15) is 0 Å². The van der Waals surface area contributed by atoms with Crippen LogP contribution in [0.3, 0.4) is 0 Å². The molecule has 3 N–H and O–H groups in total. The van der Waals surface area contributed by atoms with E-state index in [4.69, 9.17) is 5.11 Å². The van der Waals surface area contributed by atoms with Gasteiger partial charge in [0, 0.05) is 36.9 Å². The Morgan fingerprint density at radius 1 is 1.42 bits per heavy atom. The minimum atomic E-state index is -1.31. The van der Waals surface area contributed by atoms with Gasteiger partial charge in [0.05, 0.1) is 0 Å². The summed E-state index contributed by atoms with van der Waals surface area (Å²) in [6.45, 7) is 0. The Hall–Kier alpha value is -2.01. The average Bonchev–Trinajstić information content (AvgIpc) is 2.78. The van der Waals surface area contributed by atoms with Crippen molar-refractivity contribution >= 4 is 22.6 Å². The Kier molecular flexibility index (Phi) is 3.76. The van der Waals surface area contributed by atoms with Crippen molar-refractivity contribution in [2.45, 2.75) is 18.9 Å². The van der Waals surface area contributed by atoms with Crippen LogP contribution in [0.2, 0.25) is 0 Å². The number of carboxylic acid groups (broad SMARTS) is 1. The number of benzene rings is 1. The van der Waals surface area contributed by atoms with E-state index < -0.39 is 12.1 Å². The second-order valence-electron chi connectivity index (χ2n) is 4.80. The van der Waals surface area contributed by atoms with E-state index in [9.17, 15) is 9.90 Å². The van der Waals surface area contributed by atoms with Crippen LogP contribution in [0.1, 0.15) is 12.0 Å². The summed E-state index contributed by atoms with van der Waals surface area (Å²) in [5.41, 5.74) is 3.13. The van der Waals surface area contributed by atoms with Crippen molar-refractivity contribution in [3.63, 3.8) is 0 Å². The van der Waals surface area contributed by atoms with E-state index in [1.807, 2.05) is 43.4 Å². The molecular formula is C14H18N2O3. The number of hydrogen-bond acceptors (Lipinski definition) is 3. The van der Waals surface area contributed by atoms with E-state index in [1.165, 1.54) is 0 Å². The predicted molar refractivity (Wildman–Crippen MR) is 74.6 cm³/mol. The van der Waals surface area contributed by atoms with Gasteiger partial charge < -0.3 is 20.1 Å².